The molecule has 0 heterocycles. The number of nitrogens with two attached hydrogens (primary N) is 1. The van der Waals surface area contributed by atoms with E-state index in [0.29, 0.717) is 6.54 Å². The third kappa shape index (κ3) is 3.30. The summed E-state index contributed by atoms with van der Waals surface area (Å²) in [6, 6.07) is 0.249. The van der Waals surface area contributed by atoms with Gasteiger partial charge in [-0.2, -0.15) is 0 Å². The van der Waals surface area contributed by atoms with Crippen LogP contribution in [0.15, 0.2) is 5.16 Å². The van der Waals surface area contributed by atoms with E-state index in [1.54, 1.807) is 4.90 Å². The topological polar surface area (TPSA) is 88.2 Å². The molecular formula is C13H23N3O3. The van der Waals surface area contributed by atoms with Crippen LogP contribution in [0.3, 0.4) is 0 Å². The van der Waals surface area contributed by atoms with Gasteiger partial charge in [-0.25, -0.2) is 4.79 Å². The third-order valence-electron chi connectivity index (χ3n) is 3.59. The van der Waals surface area contributed by atoms with E-state index < -0.39 is 5.60 Å². The minimum Gasteiger partial charge on any atom is -0.444 e. The highest BCUT2D eigenvalue weighted by molar-refractivity contribution is 5.89. The molecule has 0 spiro atoms. The zero-order chi connectivity index (χ0) is 14.3. The quantitative estimate of drug-likeness (QED) is 0.353. The fourth-order valence-electron chi connectivity index (χ4n) is 2.13. The summed E-state index contributed by atoms with van der Waals surface area (Å²) in [4.78, 5) is 14.0. The van der Waals surface area contributed by atoms with Crippen molar-refractivity contribution in [1.29, 1.82) is 0 Å². The van der Waals surface area contributed by atoms with E-state index in [-0.39, 0.29) is 23.4 Å². The van der Waals surface area contributed by atoms with Gasteiger partial charge in [-0.1, -0.05) is 5.16 Å². The fraction of sp³-hybridized carbons (Fsp3) is 0.846. The van der Waals surface area contributed by atoms with Crippen LogP contribution in [0, 0.1) is 5.41 Å². The van der Waals surface area contributed by atoms with Gasteiger partial charge in [0.05, 0.1) is 0 Å². The zero-order valence-electron chi connectivity index (χ0n) is 11.8. The van der Waals surface area contributed by atoms with Crippen molar-refractivity contribution in [3.05, 3.63) is 0 Å². The van der Waals surface area contributed by atoms with E-state index in [9.17, 15) is 4.79 Å². The first kappa shape index (κ1) is 14.0. The van der Waals surface area contributed by atoms with E-state index in [2.05, 4.69) is 5.16 Å². The highest BCUT2D eigenvalue weighted by atomic mass is 16.6. The van der Waals surface area contributed by atoms with Crippen molar-refractivity contribution in [1.82, 2.24) is 4.90 Å². The molecule has 0 unspecified atom stereocenters. The summed E-state index contributed by atoms with van der Waals surface area (Å²) in [6.45, 7) is 6.05. The summed E-state index contributed by atoms with van der Waals surface area (Å²) < 4.78 is 5.43. The minimum atomic E-state index is -0.502. The summed E-state index contributed by atoms with van der Waals surface area (Å²) in [5.41, 5.74) is 4.89. The number of carbonyl (C=O) groups is 1. The van der Waals surface area contributed by atoms with Gasteiger partial charge in [0, 0.05) is 18.0 Å². The molecule has 0 aromatic heterocycles. The van der Waals surface area contributed by atoms with Gasteiger partial charge in [-0.15, -0.1) is 0 Å². The van der Waals surface area contributed by atoms with Gasteiger partial charge in [0.2, 0.25) is 0 Å². The van der Waals surface area contributed by atoms with Crippen molar-refractivity contribution in [3.63, 3.8) is 0 Å². The Kier molecular flexibility index (Phi) is 3.36. The SMILES string of the molecule is CC(C)(C)OC(=O)N(CC1(C(N)=NO)CC1)C1CC1. The largest absolute Gasteiger partial charge is 0.444 e. The second-order valence-electron chi connectivity index (χ2n) is 6.60. The monoisotopic (exact) mass is 269 g/mol. The molecule has 6 heteroatoms. The Hall–Kier alpha value is -1.46. The second kappa shape index (κ2) is 4.58. The van der Waals surface area contributed by atoms with Crippen LogP contribution in [-0.2, 0) is 4.74 Å². The number of amidine groups is 1. The first-order valence-electron chi connectivity index (χ1n) is 6.75. The zero-order valence-corrected chi connectivity index (χ0v) is 11.8. The lowest BCUT2D eigenvalue weighted by Gasteiger charge is -2.30. The predicted molar refractivity (Wildman–Crippen MR) is 71.0 cm³/mol. The molecule has 6 nitrogen and oxygen atoms in total. The number of oxime groups is 1. The lowest BCUT2D eigenvalue weighted by Crippen LogP contribution is -2.44. The predicted octanol–water partition coefficient (Wildman–Crippen LogP) is 1.91. The standard InChI is InChI=1S/C13H23N3O3/c1-12(2,3)19-11(17)16(9-4-5-9)8-13(6-7-13)10(14)15-18/h9,18H,4-8H2,1-3H3,(H2,14,15). The summed E-state index contributed by atoms with van der Waals surface area (Å²) in [5.74, 6) is 0.224. The Morgan fingerprint density at radius 3 is 2.42 bits per heavy atom. The van der Waals surface area contributed by atoms with Crippen molar-refractivity contribution < 1.29 is 14.7 Å². The number of carbonyl (C=O) groups excluding carboxylic acids is 1. The molecule has 19 heavy (non-hydrogen) atoms. The Bertz CT molecular complexity index is 392. The van der Waals surface area contributed by atoms with Gasteiger partial charge in [0.15, 0.2) is 0 Å². The van der Waals surface area contributed by atoms with E-state index in [0.717, 1.165) is 25.7 Å². The second-order valence-corrected chi connectivity index (χ2v) is 6.60. The Morgan fingerprint density at radius 2 is 2.05 bits per heavy atom. The van der Waals surface area contributed by atoms with Crippen LogP contribution in [-0.4, -0.2) is 40.2 Å². The molecule has 3 N–H and O–H groups in total. The van der Waals surface area contributed by atoms with E-state index in [4.69, 9.17) is 15.7 Å². The van der Waals surface area contributed by atoms with Crippen molar-refractivity contribution in [2.75, 3.05) is 6.54 Å². The molecule has 1 amide bonds. The number of ether oxygens (including phenoxy) is 1. The van der Waals surface area contributed by atoms with Crippen molar-refractivity contribution in [2.24, 2.45) is 16.3 Å². The summed E-state index contributed by atoms with van der Waals surface area (Å²) in [7, 11) is 0. The number of hydrogen-bond acceptors (Lipinski definition) is 4. The molecule has 2 aliphatic carbocycles. The maximum absolute atomic E-state index is 12.2. The van der Waals surface area contributed by atoms with Crippen LogP contribution >= 0.6 is 0 Å². The van der Waals surface area contributed by atoms with E-state index >= 15 is 0 Å². The molecule has 2 aliphatic rings. The lowest BCUT2D eigenvalue weighted by molar-refractivity contribution is 0.0211. The van der Waals surface area contributed by atoms with Crippen molar-refractivity contribution >= 4 is 11.9 Å². The summed E-state index contributed by atoms with van der Waals surface area (Å²) >= 11 is 0. The van der Waals surface area contributed by atoms with Gasteiger partial charge in [0.25, 0.3) is 0 Å². The van der Waals surface area contributed by atoms with Crippen LogP contribution in [0.4, 0.5) is 4.79 Å². The Balaban J connectivity index is 2.03. The highest BCUT2D eigenvalue weighted by Gasteiger charge is 2.51. The van der Waals surface area contributed by atoms with Gasteiger partial charge in [-0.3, -0.25) is 0 Å². The molecule has 0 aromatic rings. The van der Waals surface area contributed by atoms with E-state index in [1.807, 2.05) is 20.8 Å². The molecule has 0 radical (unpaired) electrons. The van der Waals surface area contributed by atoms with Gasteiger partial charge >= 0.3 is 6.09 Å². The molecule has 2 fully saturated rings. The van der Waals surface area contributed by atoms with Crippen molar-refractivity contribution in [3.8, 4) is 0 Å². The van der Waals surface area contributed by atoms with E-state index in [1.165, 1.54) is 0 Å². The number of nitrogens with zero attached hydrogens (tertiary/aromatic N) is 2. The van der Waals surface area contributed by atoms with Crippen LogP contribution < -0.4 is 5.73 Å². The number of hydrogen-bond donors (Lipinski definition) is 2. The summed E-state index contributed by atoms with van der Waals surface area (Å²) in [5, 5.41) is 11.9. The Labute approximate surface area is 113 Å². The molecule has 0 atom stereocenters. The first-order chi connectivity index (χ1) is 8.77. The lowest BCUT2D eigenvalue weighted by atomic mass is 10.1. The number of rotatable bonds is 4. The van der Waals surface area contributed by atoms with Gasteiger partial charge in [0.1, 0.15) is 11.4 Å². The molecule has 2 rings (SSSR count). The molecule has 0 saturated heterocycles. The fourth-order valence-corrected chi connectivity index (χ4v) is 2.13. The normalized spacial score (nSPS) is 21.9. The van der Waals surface area contributed by atoms with Crippen LogP contribution in [0.25, 0.3) is 0 Å². The molecular weight excluding hydrogens is 246 g/mol. The van der Waals surface area contributed by atoms with Gasteiger partial charge in [-0.05, 0) is 46.5 Å². The van der Waals surface area contributed by atoms with Crippen LogP contribution in [0.2, 0.25) is 0 Å². The average Bonchev–Trinajstić information content (AvgIpc) is 3.15. The van der Waals surface area contributed by atoms with Crippen molar-refractivity contribution in [2.45, 2.75) is 58.1 Å². The summed E-state index contributed by atoms with van der Waals surface area (Å²) in [6.07, 6.45) is 3.42. The third-order valence-corrected chi connectivity index (χ3v) is 3.59. The maximum atomic E-state index is 12.2. The highest BCUT2D eigenvalue weighted by Crippen LogP contribution is 2.48. The van der Waals surface area contributed by atoms with Crippen LogP contribution in [0.5, 0.6) is 0 Å². The minimum absolute atomic E-state index is 0.224. The molecule has 0 aromatic carbocycles. The molecule has 0 aliphatic heterocycles. The first-order valence-corrected chi connectivity index (χ1v) is 6.75. The van der Waals surface area contributed by atoms with Crippen LogP contribution in [0.1, 0.15) is 46.5 Å². The maximum Gasteiger partial charge on any atom is 0.410 e. The molecule has 108 valence electrons. The van der Waals surface area contributed by atoms with Gasteiger partial charge < -0.3 is 20.6 Å². The number of amides is 1. The Morgan fingerprint density at radius 1 is 1.47 bits per heavy atom. The molecule has 2 saturated carbocycles. The smallest absolute Gasteiger partial charge is 0.410 e. The average molecular weight is 269 g/mol. The molecule has 0 bridgehead atoms.